The summed E-state index contributed by atoms with van der Waals surface area (Å²) in [6.07, 6.45) is 7.26. The summed E-state index contributed by atoms with van der Waals surface area (Å²) in [5.74, 6) is -0.623. The van der Waals surface area contributed by atoms with Gasteiger partial charge in [0.2, 0.25) is 10.0 Å². The number of hydrogen-bond acceptors (Lipinski definition) is 4. The summed E-state index contributed by atoms with van der Waals surface area (Å²) in [6, 6.07) is 1.30. The van der Waals surface area contributed by atoms with Crippen LogP contribution in [-0.4, -0.2) is 42.9 Å². The molecule has 1 aliphatic heterocycles. The minimum absolute atomic E-state index is 0.0507. The molecule has 5 nitrogen and oxygen atoms in total. The molecule has 0 aromatic carbocycles. The molecular weight excluding hydrogens is 293 g/mol. The van der Waals surface area contributed by atoms with Gasteiger partial charge in [0.15, 0.2) is 0 Å². The fourth-order valence-electron chi connectivity index (χ4n) is 2.77. The molecule has 1 aromatic heterocycles. The van der Waals surface area contributed by atoms with Crippen LogP contribution in [0.1, 0.15) is 32.1 Å². The fraction of sp³-hybridized carbons (Fsp3) is 0.643. The van der Waals surface area contributed by atoms with E-state index in [2.05, 4.69) is 10.3 Å². The summed E-state index contributed by atoms with van der Waals surface area (Å²) < 4.78 is 40.3. The fourth-order valence-corrected chi connectivity index (χ4v) is 4.48. The monoisotopic (exact) mass is 313 g/mol. The molecule has 3 rings (SSSR count). The van der Waals surface area contributed by atoms with E-state index in [1.807, 2.05) is 0 Å². The van der Waals surface area contributed by atoms with Crippen molar-refractivity contribution in [3.63, 3.8) is 0 Å². The highest BCUT2D eigenvalue weighted by atomic mass is 32.2. The molecule has 116 valence electrons. The Morgan fingerprint density at radius 1 is 1.29 bits per heavy atom. The molecule has 21 heavy (non-hydrogen) atoms. The molecule has 0 amide bonds. The van der Waals surface area contributed by atoms with Crippen LogP contribution < -0.4 is 5.32 Å². The number of piperidine rings is 1. The third-order valence-electron chi connectivity index (χ3n) is 4.05. The maximum atomic E-state index is 13.3. The predicted octanol–water partition coefficient (Wildman–Crippen LogP) is 1.52. The molecule has 7 heteroatoms. The summed E-state index contributed by atoms with van der Waals surface area (Å²) in [5.41, 5.74) is 0. The van der Waals surface area contributed by atoms with E-state index < -0.39 is 15.8 Å². The highest BCUT2D eigenvalue weighted by molar-refractivity contribution is 7.89. The second-order valence-electron chi connectivity index (χ2n) is 5.79. The zero-order valence-electron chi connectivity index (χ0n) is 11.8. The summed E-state index contributed by atoms with van der Waals surface area (Å²) >= 11 is 0. The lowest BCUT2D eigenvalue weighted by molar-refractivity contribution is 0.307. The van der Waals surface area contributed by atoms with E-state index in [1.54, 1.807) is 0 Å². The Hall–Kier alpha value is -1.05. The van der Waals surface area contributed by atoms with Crippen LogP contribution in [0, 0.1) is 5.82 Å². The third-order valence-corrected chi connectivity index (χ3v) is 5.94. The summed E-state index contributed by atoms with van der Waals surface area (Å²) in [6.45, 7) is 1.40. The predicted molar refractivity (Wildman–Crippen MR) is 76.8 cm³/mol. The van der Waals surface area contributed by atoms with Gasteiger partial charge in [-0.15, -0.1) is 0 Å². The molecule has 0 spiro atoms. The van der Waals surface area contributed by atoms with Crippen LogP contribution >= 0.6 is 0 Å². The Balaban J connectivity index is 1.82. The summed E-state index contributed by atoms with van der Waals surface area (Å²) in [7, 11) is -3.67. The quantitative estimate of drug-likeness (QED) is 0.895. The molecule has 2 fully saturated rings. The van der Waals surface area contributed by atoms with Gasteiger partial charge < -0.3 is 5.32 Å². The van der Waals surface area contributed by atoms with Gasteiger partial charge in [0.25, 0.3) is 0 Å². The van der Waals surface area contributed by atoms with E-state index in [9.17, 15) is 12.8 Å². The number of hydrogen-bond donors (Lipinski definition) is 1. The molecule has 2 aliphatic rings. The van der Waals surface area contributed by atoms with Crippen molar-refractivity contribution in [1.29, 1.82) is 0 Å². The van der Waals surface area contributed by atoms with Gasteiger partial charge >= 0.3 is 0 Å². The van der Waals surface area contributed by atoms with Crippen molar-refractivity contribution in [2.75, 3.05) is 13.1 Å². The van der Waals surface area contributed by atoms with Crippen molar-refractivity contribution >= 4 is 10.0 Å². The average Bonchev–Trinajstić information content (AvgIpc) is 3.30. The van der Waals surface area contributed by atoms with Crippen LogP contribution in [-0.2, 0) is 10.0 Å². The normalized spacial score (nSPS) is 23.4. The topological polar surface area (TPSA) is 62.3 Å². The van der Waals surface area contributed by atoms with Crippen molar-refractivity contribution in [2.24, 2.45) is 0 Å². The van der Waals surface area contributed by atoms with Gasteiger partial charge in [-0.1, -0.05) is 6.42 Å². The van der Waals surface area contributed by atoms with Gasteiger partial charge in [0.05, 0.1) is 6.20 Å². The lowest BCUT2D eigenvalue weighted by atomic mass is 10.1. The number of rotatable bonds is 5. The van der Waals surface area contributed by atoms with Crippen LogP contribution in [0.15, 0.2) is 23.4 Å². The highest BCUT2D eigenvalue weighted by Gasteiger charge is 2.39. The minimum atomic E-state index is -3.67. The average molecular weight is 313 g/mol. The second-order valence-corrected chi connectivity index (χ2v) is 7.68. The molecule has 1 saturated carbocycles. The van der Waals surface area contributed by atoms with Crippen LogP contribution in [0.4, 0.5) is 4.39 Å². The van der Waals surface area contributed by atoms with Crippen LogP contribution in [0.25, 0.3) is 0 Å². The van der Waals surface area contributed by atoms with Gasteiger partial charge in [-0.2, -0.15) is 4.31 Å². The van der Waals surface area contributed by atoms with Crippen molar-refractivity contribution in [3.8, 4) is 0 Å². The molecule has 0 bridgehead atoms. The maximum Gasteiger partial charge on any atom is 0.245 e. The first-order chi connectivity index (χ1) is 10.1. The molecule has 1 aromatic rings. The number of aromatic nitrogens is 1. The van der Waals surface area contributed by atoms with Gasteiger partial charge in [0, 0.05) is 24.8 Å². The van der Waals surface area contributed by atoms with E-state index in [-0.39, 0.29) is 17.0 Å². The molecular formula is C14H20FN3O2S. The van der Waals surface area contributed by atoms with Crippen molar-refractivity contribution < 1.29 is 12.8 Å². The summed E-state index contributed by atoms with van der Waals surface area (Å²) in [4.78, 5) is 3.61. The lowest BCUT2D eigenvalue weighted by Crippen LogP contribution is -2.46. The van der Waals surface area contributed by atoms with E-state index in [0.717, 1.165) is 50.9 Å². The third kappa shape index (κ3) is 3.41. The molecule has 2 heterocycles. The number of sulfonamides is 1. The van der Waals surface area contributed by atoms with Crippen LogP contribution in [0.3, 0.4) is 0 Å². The van der Waals surface area contributed by atoms with Gasteiger partial charge in [-0.3, -0.25) is 4.98 Å². The molecule has 1 N–H and O–H groups in total. The van der Waals surface area contributed by atoms with E-state index >= 15 is 0 Å². The van der Waals surface area contributed by atoms with Gasteiger partial charge in [-0.25, -0.2) is 12.8 Å². The molecule has 1 saturated heterocycles. The van der Waals surface area contributed by atoms with Crippen molar-refractivity contribution in [3.05, 3.63) is 24.3 Å². The standard InChI is InChI=1S/C14H20FN3O2S/c15-11-7-14(9-16-8-11)21(19,20)18(13-4-5-13)10-12-3-1-2-6-17-12/h7-9,12-13,17H,1-6,10H2. The molecule has 1 atom stereocenters. The summed E-state index contributed by atoms with van der Waals surface area (Å²) in [5, 5.41) is 3.37. The Morgan fingerprint density at radius 3 is 2.71 bits per heavy atom. The highest BCUT2D eigenvalue weighted by Crippen LogP contribution is 2.32. The first-order valence-corrected chi connectivity index (χ1v) is 8.87. The number of nitrogens with zero attached hydrogens (tertiary/aromatic N) is 2. The second kappa shape index (κ2) is 5.98. The maximum absolute atomic E-state index is 13.3. The largest absolute Gasteiger partial charge is 0.313 e. The number of pyridine rings is 1. The van der Waals surface area contributed by atoms with Gasteiger partial charge in [0.1, 0.15) is 10.7 Å². The van der Waals surface area contributed by atoms with Crippen LogP contribution in [0.2, 0.25) is 0 Å². The molecule has 1 aliphatic carbocycles. The first-order valence-electron chi connectivity index (χ1n) is 7.43. The van der Waals surface area contributed by atoms with Gasteiger partial charge in [-0.05, 0) is 38.3 Å². The Bertz CT molecular complexity index is 598. The molecule has 1 unspecified atom stereocenters. The Morgan fingerprint density at radius 2 is 2.10 bits per heavy atom. The number of nitrogens with one attached hydrogen (secondary N) is 1. The Labute approximate surface area is 124 Å². The van der Waals surface area contributed by atoms with Crippen molar-refractivity contribution in [1.82, 2.24) is 14.6 Å². The zero-order chi connectivity index (χ0) is 14.9. The first kappa shape index (κ1) is 14.9. The van der Waals surface area contributed by atoms with E-state index in [0.29, 0.717) is 6.54 Å². The van der Waals surface area contributed by atoms with Crippen LogP contribution in [0.5, 0.6) is 0 Å². The Kier molecular flexibility index (Phi) is 4.24. The molecule has 0 radical (unpaired) electrons. The van der Waals surface area contributed by atoms with E-state index in [1.165, 1.54) is 10.5 Å². The smallest absolute Gasteiger partial charge is 0.245 e. The van der Waals surface area contributed by atoms with E-state index in [4.69, 9.17) is 0 Å². The minimum Gasteiger partial charge on any atom is -0.313 e. The lowest BCUT2D eigenvalue weighted by Gasteiger charge is -2.30. The SMILES string of the molecule is O=S(=O)(c1cncc(F)c1)N(CC1CCCCN1)C1CC1. The van der Waals surface area contributed by atoms with Crippen molar-refractivity contribution in [2.45, 2.75) is 49.1 Å². The zero-order valence-corrected chi connectivity index (χ0v) is 12.7. The number of halogens is 1.